The van der Waals surface area contributed by atoms with Gasteiger partial charge >= 0.3 is 0 Å². The summed E-state index contributed by atoms with van der Waals surface area (Å²) in [7, 11) is -1.75. The Morgan fingerprint density at radius 2 is 1.71 bits per heavy atom. The van der Waals surface area contributed by atoms with E-state index in [0.29, 0.717) is 11.7 Å². The molecule has 2 aliphatic rings. The zero-order chi connectivity index (χ0) is 15.8. The Balaban J connectivity index is 2.13. The average molecular weight is 309 g/mol. The lowest BCUT2D eigenvalue weighted by atomic mass is 9.76. The van der Waals surface area contributed by atoms with Gasteiger partial charge in [0.15, 0.2) is 0 Å². The Morgan fingerprint density at radius 1 is 1.05 bits per heavy atom. The molecule has 1 fully saturated rings. The largest absolute Gasteiger partial charge is 0.547 e. The molecular weight excluding hydrogens is 276 g/mol. The molecule has 120 valence electrons. The van der Waals surface area contributed by atoms with Crippen LogP contribution < -0.4 is 0 Å². The molecule has 0 aromatic rings. The van der Waals surface area contributed by atoms with Gasteiger partial charge < -0.3 is 4.43 Å². The van der Waals surface area contributed by atoms with E-state index in [1.54, 1.807) is 0 Å². The average Bonchev–Trinajstić information content (AvgIpc) is 2.70. The van der Waals surface area contributed by atoms with E-state index in [-0.39, 0.29) is 11.0 Å². The first kappa shape index (κ1) is 16.8. The highest BCUT2D eigenvalue weighted by Crippen LogP contribution is 2.45. The van der Waals surface area contributed by atoms with Crippen molar-refractivity contribution in [1.29, 1.82) is 0 Å². The summed E-state index contributed by atoms with van der Waals surface area (Å²) in [4.78, 5) is 12.2. The molecule has 3 heteroatoms. The molecular formula is C18H32O2Si. The first-order valence-electron chi connectivity index (χ1n) is 8.55. The van der Waals surface area contributed by atoms with Crippen LogP contribution in [0.1, 0.15) is 66.2 Å². The zero-order valence-electron chi connectivity index (χ0n) is 14.7. The molecule has 0 radical (unpaired) electrons. The van der Waals surface area contributed by atoms with Crippen molar-refractivity contribution in [2.45, 2.75) is 84.4 Å². The van der Waals surface area contributed by atoms with Crippen LogP contribution in [-0.2, 0) is 9.22 Å². The van der Waals surface area contributed by atoms with Gasteiger partial charge in [-0.25, -0.2) is 0 Å². The molecule has 0 amide bonds. The molecule has 0 N–H and O–H groups in total. The van der Waals surface area contributed by atoms with Crippen molar-refractivity contribution in [2.75, 3.05) is 0 Å². The number of carbonyl (C=O) groups is 1. The minimum atomic E-state index is -1.75. The Labute approximate surface area is 131 Å². The van der Waals surface area contributed by atoms with Gasteiger partial charge in [0.2, 0.25) is 8.32 Å². The molecule has 0 bridgehead atoms. The lowest BCUT2D eigenvalue weighted by Crippen LogP contribution is -2.40. The van der Waals surface area contributed by atoms with Crippen molar-refractivity contribution in [3.05, 3.63) is 11.3 Å². The van der Waals surface area contributed by atoms with E-state index in [2.05, 4.69) is 40.8 Å². The van der Waals surface area contributed by atoms with Gasteiger partial charge in [0, 0.05) is 18.8 Å². The molecule has 2 rings (SSSR count). The van der Waals surface area contributed by atoms with Gasteiger partial charge in [0.05, 0.1) is 5.76 Å². The highest BCUT2D eigenvalue weighted by molar-refractivity contribution is 6.74. The lowest BCUT2D eigenvalue weighted by Gasteiger charge is -2.37. The summed E-state index contributed by atoms with van der Waals surface area (Å²) < 4.78 is 6.54. The second-order valence-corrected chi connectivity index (χ2v) is 13.2. The number of allylic oxidation sites excluding steroid dienone is 2. The second kappa shape index (κ2) is 5.90. The van der Waals surface area contributed by atoms with E-state index in [1.165, 1.54) is 17.8 Å². The molecule has 0 heterocycles. The van der Waals surface area contributed by atoms with Crippen LogP contribution in [0.2, 0.25) is 18.1 Å². The van der Waals surface area contributed by atoms with Crippen LogP contribution in [0.15, 0.2) is 11.3 Å². The van der Waals surface area contributed by atoms with Crippen molar-refractivity contribution in [1.82, 2.24) is 0 Å². The van der Waals surface area contributed by atoms with Crippen molar-refractivity contribution in [3.63, 3.8) is 0 Å². The molecule has 2 atom stereocenters. The molecule has 0 saturated heterocycles. The fourth-order valence-electron chi connectivity index (χ4n) is 3.44. The van der Waals surface area contributed by atoms with Gasteiger partial charge in [-0.2, -0.15) is 0 Å². The lowest BCUT2D eigenvalue weighted by molar-refractivity contribution is -0.125. The first-order valence-corrected chi connectivity index (χ1v) is 11.5. The first-order chi connectivity index (χ1) is 9.63. The van der Waals surface area contributed by atoms with E-state index in [4.69, 9.17) is 4.43 Å². The summed E-state index contributed by atoms with van der Waals surface area (Å²) in [6.07, 6.45) is 6.36. The van der Waals surface area contributed by atoms with E-state index in [9.17, 15) is 4.79 Å². The second-order valence-electron chi connectivity index (χ2n) is 8.43. The number of hydrogen-bond acceptors (Lipinski definition) is 2. The molecule has 21 heavy (non-hydrogen) atoms. The minimum Gasteiger partial charge on any atom is -0.547 e. The third kappa shape index (κ3) is 3.44. The van der Waals surface area contributed by atoms with E-state index in [1.807, 2.05) is 0 Å². The van der Waals surface area contributed by atoms with Crippen molar-refractivity contribution in [3.8, 4) is 0 Å². The monoisotopic (exact) mass is 308 g/mol. The van der Waals surface area contributed by atoms with Crippen molar-refractivity contribution in [2.24, 2.45) is 11.8 Å². The van der Waals surface area contributed by atoms with Gasteiger partial charge in [-0.1, -0.05) is 27.2 Å². The normalized spacial score (nSPS) is 28.2. The van der Waals surface area contributed by atoms with Crippen molar-refractivity contribution >= 4 is 14.1 Å². The summed E-state index contributed by atoms with van der Waals surface area (Å²) in [5, 5.41) is 0.235. The Kier molecular flexibility index (Phi) is 4.72. The van der Waals surface area contributed by atoms with Gasteiger partial charge in [0.1, 0.15) is 5.78 Å². The van der Waals surface area contributed by atoms with Gasteiger partial charge in [0.25, 0.3) is 0 Å². The van der Waals surface area contributed by atoms with Crippen LogP contribution >= 0.6 is 0 Å². The summed E-state index contributed by atoms with van der Waals surface area (Å²) >= 11 is 0. The third-order valence-electron chi connectivity index (χ3n) is 5.95. The fourth-order valence-corrected chi connectivity index (χ4v) is 4.62. The quantitative estimate of drug-likeness (QED) is 0.648. The highest BCUT2D eigenvalue weighted by atomic mass is 28.4. The summed E-state index contributed by atoms with van der Waals surface area (Å²) in [5.74, 6) is 2.45. The molecule has 2 nitrogen and oxygen atoms in total. The van der Waals surface area contributed by atoms with Crippen molar-refractivity contribution < 1.29 is 9.22 Å². The van der Waals surface area contributed by atoms with E-state index < -0.39 is 8.32 Å². The fraction of sp³-hybridized carbons (Fsp3) is 0.833. The predicted octanol–water partition coefficient (Wildman–Crippen LogP) is 5.45. The highest BCUT2D eigenvalue weighted by Gasteiger charge is 2.42. The third-order valence-corrected chi connectivity index (χ3v) is 10.3. The maximum atomic E-state index is 12.2. The van der Waals surface area contributed by atoms with Crippen LogP contribution in [0, 0.1) is 11.8 Å². The van der Waals surface area contributed by atoms with Crippen LogP contribution in [0.25, 0.3) is 0 Å². The predicted molar refractivity (Wildman–Crippen MR) is 90.7 cm³/mol. The smallest absolute Gasteiger partial charge is 0.250 e. The number of hydrogen-bond donors (Lipinski definition) is 0. The number of ketones is 1. The van der Waals surface area contributed by atoms with Crippen LogP contribution in [0.5, 0.6) is 0 Å². The SMILES string of the molecule is CC1=C(O[Si](C)(C)C(C)(C)C)CC[C@@H]1[C@H]1CCCCC1=O. The maximum absolute atomic E-state index is 12.2. The van der Waals surface area contributed by atoms with Gasteiger partial charge in [-0.05, 0) is 55.8 Å². The molecule has 0 spiro atoms. The standard InChI is InChI=1S/C18H32O2Si/c1-13-14(15-9-7-8-10-16(15)19)11-12-17(13)20-21(5,6)18(2,3)4/h14-15H,7-12H2,1-6H3/t14-,15+/m0/s1. The topological polar surface area (TPSA) is 26.3 Å². The van der Waals surface area contributed by atoms with E-state index >= 15 is 0 Å². The molecule has 1 saturated carbocycles. The summed E-state index contributed by atoms with van der Waals surface area (Å²) in [5.41, 5.74) is 1.38. The Bertz CT molecular complexity index is 443. The number of rotatable bonds is 3. The van der Waals surface area contributed by atoms with Crippen LogP contribution in [-0.4, -0.2) is 14.1 Å². The van der Waals surface area contributed by atoms with Crippen LogP contribution in [0.3, 0.4) is 0 Å². The summed E-state index contributed by atoms with van der Waals surface area (Å²) in [6.45, 7) is 13.7. The molecule has 0 aliphatic heterocycles. The van der Waals surface area contributed by atoms with Crippen LogP contribution in [0.4, 0.5) is 0 Å². The minimum absolute atomic E-state index is 0.235. The number of carbonyl (C=O) groups excluding carboxylic acids is 1. The Hall–Kier alpha value is -0.573. The number of Topliss-reactive ketones (excluding diaryl/α,β-unsaturated/α-hetero) is 1. The molecule has 2 aliphatic carbocycles. The maximum Gasteiger partial charge on any atom is 0.250 e. The zero-order valence-corrected chi connectivity index (χ0v) is 15.7. The molecule has 0 unspecified atom stereocenters. The Morgan fingerprint density at radius 3 is 2.29 bits per heavy atom. The summed E-state index contributed by atoms with van der Waals surface area (Å²) in [6, 6.07) is 0. The molecule has 0 aromatic carbocycles. The van der Waals surface area contributed by atoms with Gasteiger partial charge in [-0.3, -0.25) is 4.79 Å². The van der Waals surface area contributed by atoms with Gasteiger partial charge in [-0.15, -0.1) is 0 Å². The van der Waals surface area contributed by atoms with E-state index in [0.717, 1.165) is 32.1 Å². The molecule has 0 aromatic heterocycles.